The maximum Gasteiger partial charge on any atom is 0.0370 e. The summed E-state index contributed by atoms with van der Waals surface area (Å²) in [6.45, 7) is 1.64. The lowest BCUT2D eigenvalue weighted by Crippen LogP contribution is -2.13. The van der Waals surface area contributed by atoms with E-state index in [1.165, 1.54) is 9.35 Å². The van der Waals surface area contributed by atoms with Crippen molar-refractivity contribution >= 4 is 48.9 Å². The first kappa shape index (κ1) is 13.1. The second-order valence-electron chi connectivity index (χ2n) is 3.64. The summed E-state index contributed by atoms with van der Waals surface area (Å²) in [5.74, 6) is 0. The number of benzene rings is 1. The molecular formula is C12H12Br2N2S. The van der Waals surface area contributed by atoms with Crippen molar-refractivity contribution in [2.45, 2.75) is 13.1 Å². The van der Waals surface area contributed by atoms with Gasteiger partial charge in [0, 0.05) is 32.6 Å². The number of nitrogen functional groups attached to an aromatic ring is 1. The molecule has 0 fully saturated rings. The van der Waals surface area contributed by atoms with Crippen LogP contribution in [0, 0.1) is 0 Å². The quantitative estimate of drug-likeness (QED) is 0.788. The van der Waals surface area contributed by atoms with Crippen molar-refractivity contribution in [2.24, 2.45) is 0 Å². The molecule has 5 heteroatoms. The standard InChI is InChI=1S/C12H12Br2N2S/c13-9-2-1-8(11(15)5-9)6-16-7-12-10(14)3-4-17-12/h1-5,16H,6-7,15H2. The van der Waals surface area contributed by atoms with Crippen molar-refractivity contribution < 1.29 is 0 Å². The maximum atomic E-state index is 5.93. The Bertz CT molecular complexity index is 511. The largest absolute Gasteiger partial charge is 0.398 e. The SMILES string of the molecule is Nc1cc(Br)ccc1CNCc1sccc1Br. The van der Waals surface area contributed by atoms with E-state index in [2.05, 4.69) is 48.6 Å². The topological polar surface area (TPSA) is 38.0 Å². The molecule has 0 bridgehead atoms. The zero-order valence-corrected chi connectivity index (χ0v) is 13.0. The highest BCUT2D eigenvalue weighted by molar-refractivity contribution is 9.10. The molecule has 3 N–H and O–H groups in total. The van der Waals surface area contributed by atoms with Crippen LogP contribution in [0.25, 0.3) is 0 Å². The molecule has 0 aliphatic rings. The van der Waals surface area contributed by atoms with E-state index >= 15 is 0 Å². The summed E-state index contributed by atoms with van der Waals surface area (Å²) in [5.41, 5.74) is 7.88. The fraction of sp³-hybridized carbons (Fsp3) is 0.167. The Labute approximate surface area is 121 Å². The average molecular weight is 376 g/mol. The molecule has 2 rings (SSSR count). The minimum absolute atomic E-state index is 0.781. The van der Waals surface area contributed by atoms with E-state index in [0.29, 0.717) is 0 Å². The molecular weight excluding hydrogens is 364 g/mol. The average Bonchev–Trinajstić information content (AvgIpc) is 2.68. The molecule has 1 heterocycles. The Morgan fingerprint density at radius 2 is 2.00 bits per heavy atom. The minimum atomic E-state index is 0.781. The Hall–Kier alpha value is -0.360. The summed E-state index contributed by atoms with van der Waals surface area (Å²) in [6.07, 6.45) is 0. The van der Waals surface area contributed by atoms with E-state index in [1.54, 1.807) is 11.3 Å². The van der Waals surface area contributed by atoms with Gasteiger partial charge in [-0.3, -0.25) is 0 Å². The van der Waals surface area contributed by atoms with Crippen LogP contribution in [0.1, 0.15) is 10.4 Å². The molecule has 1 aromatic heterocycles. The molecule has 0 amide bonds. The number of hydrogen-bond acceptors (Lipinski definition) is 3. The first-order valence-corrected chi connectivity index (χ1v) is 7.60. The third-order valence-electron chi connectivity index (χ3n) is 2.40. The van der Waals surface area contributed by atoms with Crippen LogP contribution in [0.2, 0.25) is 0 Å². The summed E-state index contributed by atoms with van der Waals surface area (Å²) in [6, 6.07) is 8.04. The van der Waals surface area contributed by atoms with Gasteiger partial charge in [-0.25, -0.2) is 0 Å². The van der Waals surface area contributed by atoms with Gasteiger partial charge in [0.05, 0.1) is 0 Å². The van der Waals surface area contributed by atoms with Gasteiger partial charge in [-0.15, -0.1) is 11.3 Å². The second kappa shape index (κ2) is 6.00. The van der Waals surface area contributed by atoms with E-state index in [9.17, 15) is 0 Å². The highest BCUT2D eigenvalue weighted by atomic mass is 79.9. The molecule has 0 spiro atoms. The van der Waals surface area contributed by atoms with Crippen LogP contribution in [0.5, 0.6) is 0 Å². The lowest BCUT2D eigenvalue weighted by molar-refractivity contribution is 0.700. The van der Waals surface area contributed by atoms with E-state index in [4.69, 9.17) is 5.73 Å². The van der Waals surface area contributed by atoms with Gasteiger partial charge in [0.1, 0.15) is 0 Å². The number of hydrogen-bond donors (Lipinski definition) is 2. The van der Waals surface area contributed by atoms with Gasteiger partial charge >= 0.3 is 0 Å². The number of halogens is 2. The van der Waals surface area contributed by atoms with E-state index in [-0.39, 0.29) is 0 Å². The predicted molar refractivity (Wildman–Crippen MR) is 81.1 cm³/mol. The van der Waals surface area contributed by atoms with Crippen molar-refractivity contribution in [1.82, 2.24) is 5.32 Å². The highest BCUT2D eigenvalue weighted by Gasteiger charge is 2.02. The fourth-order valence-electron chi connectivity index (χ4n) is 1.49. The molecule has 0 aliphatic carbocycles. The third kappa shape index (κ3) is 3.55. The second-order valence-corrected chi connectivity index (χ2v) is 6.41. The van der Waals surface area contributed by atoms with Crippen LogP contribution in [0.3, 0.4) is 0 Å². The smallest absolute Gasteiger partial charge is 0.0370 e. The number of nitrogens with two attached hydrogens (primary N) is 1. The molecule has 0 aliphatic heterocycles. The van der Waals surface area contributed by atoms with Gasteiger partial charge in [-0.1, -0.05) is 22.0 Å². The lowest BCUT2D eigenvalue weighted by Gasteiger charge is -2.07. The van der Waals surface area contributed by atoms with Crippen molar-refractivity contribution in [1.29, 1.82) is 0 Å². The number of nitrogens with one attached hydrogen (secondary N) is 1. The molecule has 90 valence electrons. The lowest BCUT2D eigenvalue weighted by atomic mass is 10.2. The third-order valence-corrected chi connectivity index (χ3v) is 4.82. The summed E-state index contributed by atoms with van der Waals surface area (Å²) < 4.78 is 2.18. The summed E-state index contributed by atoms with van der Waals surface area (Å²) in [5, 5.41) is 5.47. The number of thiophene rings is 1. The van der Waals surface area contributed by atoms with E-state index < -0.39 is 0 Å². The summed E-state index contributed by atoms with van der Waals surface area (Å²) >= 11 is 8.66. The molecule has 0 atom stereocenters. The predicted octanol–water partition coefficient (Wildman–Crippen LogP) is 4.15. The van der Waals surface area contributed by atoms with Crippen LogP contribution in [-0.4, -0.2) is 0 Å². The van der Waals surface area contributed by atoms with Crippen molar-refractivity contribution in [3.63, 3.8) is 0 Å². The molecule has 1 aromatic carbocycles. The van der Waals surface area contributed by atoms with Crippen molar-refractivity contribution in [2.75, 3.05) is 5.73 Å². The number of rotatable bonds is 4. The molecule has 2 aromatic rings. The summed E-state index contributed by atoms with van der Waals surface area (Å²) in [4.78, 5) is 1.31. The molecule has 2 nitrogen and oxygen atoms in total. The molecule has 0 unspecified atom stereocenters. The van der Waals surface area contributed by atoms with Crippen LogP contribution in [0.4, 0.5) is 5.69 Å². The summed E-state index contributed by atoms with van der Waals surface area (Å²) in [7, 11) is 0. The normalized spacial score (nSPS) is 10.7. The van der Waals surface area contributed by atoms with Gasteiger partial charge in [-0.2, -0.15) is 0 Å². The van der Waals surface area contributed by atoms with Crippen LogP contribution in [0.15, 0.2) is 38.6 Å². The fourth-order valence-corrected chi connectivity index (χ4v) is 3.33. The highest BCUT2D eigenvalue weighted by Crippen LogP contribution is 2.23. The van der Waals surface area contributed by atoms with Crippen LogP contribution in [-0.2, 0) is 13.1 Å². The first-order chi connectivity index (χ1) is 8.16. The zero-order chi connectivity index (χ0) is 12.3. The van der Waals surface area contributed by atoms with Crippen molar-refractivity contribution in [3.8, 4) is 0 Å². The molecule has 0 saturated heterocycles. The van der Waals surface area contributed by atoms with Crippen LogP contribution >= 0.6 is 43.2 Å². The van der Waals surface area contributed by atoms with E-state index in [1.807, 2.05) is 18.2 Å². The van der Waals surface area contributed by atoms with Gasteiger partial charge in [0.2, 0.25) is 0 Å². The van der Waals surface area contributed by atoms with Crippen molar-refractivity contribution in [3.05, 3.63) is 49.0 Å². The minimum Gasteiger partial charge on any atom is -0.398 e. The monoisotopic (exact) mass is 374 g/mol. The van der Waals surface area contributed by atoms with E-state index in [0.717, 1.165) is 28.8 Å². The molecule has 0 saturated carbocycles. The van der Waals surface area contributed by atoms with Gasteiger partial charge in [0.15, 0.2) is 0 Å². The Morgan fingerprint density at radius 1 is 1.18 bits per heavy atom. The van der Waals surface area contributed by atoms with Crippen LogP contribution < -0.4 is 11.1 Å². The van der Waals surface area contributed by atoms with Gasteiger partial charge in [0.25, 0.3) is 0 Å². The maximum absolute atomic E-state index is 5.93. The zero-order valence-electron chi connectivity index (χ0n) is 9.04. The Kier molecular flexibility index (Phi) is 4.62. The molecule has 17 heavy (non-hydrogen) atoms. The Balaban J connectivity index is 1.92. The van der Waals surface area contributed by atoms with Gasteiger partial charge < -0.3 is 11.1 Å². The molecule has 0 radical (unpaired) electrons. The number of anilines is 1. The Morgan fingerprint density at radius 3 is 2.65 bits per heavy atom. The van der Waals surface area contributed by atoms with Gasteiger partial charge in [-0.05, 0) is 45.1 Å². The first-order valence-electron chi connectivity index (χ1n) is 5.13.